The van der Waals surface area contributed by atoms with Gasteiger partial charge in [-0.05, 0) is 44.0 Å². The first kappa shape index (κ1) is 18.1. The summed E-state index contributed by atoms with van der Waals surface area (Å²) in [4.78, 5) is 31.4. The molecule has 0 unspecified atom stereocenters. The number of hydrogen-bond donors (Lipinski definition) is 0. The lowest BCUT2D eigenvalue weighted by atomic mass is 10.0. The molecule has 1 saturated heterocycles. The van der Waals surface area contributed by atoms with Gasteiger partial charge in [-0.2, -0.15) is 0 Å². The average molecular weight is 352 g/mol. The summed E-state index contributed by atoms with van der Waals surface area (Å²) < 4.78 is 5.12. The Balaban J connectivity index is 1.90. The second kappa shape index (κ2) is 8.61. The van der Waals surface area contributed by atoms with E-state index >= 15 is 0 Å². The zero-order valence-electron chi connectivity index (χ0n) is 15.1. The molecule has 2 heterocycles. The molecule has 1 amide bonds. The first-order chi connectivity index (χ1) is 12.7. The van der Waals surface area contributed by atoms with Gasteiger partial charge in [-0.1, -0.05) is 25.0 Å². The van der Waals surface area contributed by atoms with Crippen LogP contribution in [0.4, 0.5) is 0 Å². The first-order valence-corrected chi connectivity index (χ1v) is 9.22. The van der Waals surface area contributed by atoms with Crippen LogP contribution in [0.25, 0.3) is 11.3 Å². The largest absolute Gasteiger partial charge is 0.462 e. The van der Waals surface area contributed by atoms with Crippen molar-refractivity contribution < 1.29 is 14.3 Å². The van der Waals surface area contributed by atoms with Crippen LogP contribution in [0.5, 0.6) is 0 Å². The molecule has 0 atom stereocenters. The zero-order valence-corrected chi connectivity index (χ0v) is 15.1. The van der Waals surface area contributed by atoms with E-state index in [-0.39, 0.29) is 5.91 Å². The third kappa shape index (κ3) is 4.10. The first-order valence-electron chi connectivity index (χ1n) is 9.22. The Bertz CT molecular complexity index is 780. The number of likely N-dealkylation sites (tertiary alicyclic amines) is 1. The molecule has 1 aliphatic rings. The minimum absolute atomic E-state index is 0.0439. The summed E-state index contributed by atoms with van der Waals surface area (Å²) in [6.07, 6.45) is 6.11. The van der Waals surface area contributed by atoms with Gasteiger partial charge in [0, 0.05) is 30.4 Å². The minimum atomic E-state index is -0.403. The Hall–Kier alpha value is -2.69. The van der Waals surface area contributed by atoms with E-state index in [1.54, 1.807) is 25.3 Å². The van der Waals surface area contributed by atoms with E-state index in [1.807, 2.05) is 29.2 Å². The van der Waals surface area contributed by atoms with Crippen LogP contribution in [0.15, 0.2) is 42.6 Å². The van der Waals surface area contributed by atoms with Crippen molar-refractivity contribution >= 4 is 11.9 Å². The summed E-state index contributed by atoms with van der Waals surface area (Å²) in [7, 11) is 0. The van der Waals surface area contributed by atoms with Crippen LogP contribution in [-0.2, 0) is 4.74 Å². The van der Waals surface area contributed by atoms with Crippen LogP contribution < -0.4 is 0 Å². The molecule has 26 heavy (non-hydrogen) atoms. The third-order valence-electron chi connectivity index (χ3n) is 4.58. The molecule has 1 aliphatic heterocycles. The predicted molar refractivity (Wildman–Crippen MR) is 100 cm³/mol. The van der Waals surface area contributed by atoms with Crippen LogP contribution >= 0.6 is 0 Å². The topological polar surface area (TPSA) is 59.5 Å². The molecule has 5 heteroatoms. The highest BCUT2D eigenvalue weighted by molar-refractivity contribution is 5.98. The highest BCUT2D eigenvalue weighted by Gasteiger charge is 2.19. The maximum Gasteiger partial charge on any atom is 0.340 e. The van der Waals surface area contributed by atoms with Gasteiger partial charge in [-0.15, -0.1) is 0 Å². The normalized spacial score (nSPS) is 14.6. The number of pyridine rings is 1. The second-order valence-corrected chi connectivity index (χ2v) is 6.41. The lowest BCUT2D eigenvalue weighted by Crippen LogP contribution is -2.31. The summed E-state index contributed by atoms with van der Waals surface area (Å²) in [6, 6.07) is 10.8. The van der Waals surface area contributed by atoms with Crippen molar-refractivity contribution in [2.45, 2.75) is 32.6 Å². The van der Waals surface area contributed by atoms with E-state index in [0.717, 1.165) is 31.5 Å². The number of rotatable bonds is 4. The number of esters is 1. The highest BCUT2D eigenvalue weighted by Crippen LogP contribution is 2.24. The van der Waals surface area contributed by atoms with Crippen LogP contribution in [0.1, 0.15) is 53.3 Å². The van der Waals surface area contributed by atoms with Gasteiger partial charge in [-0.25, -0.2) is 4.79 Å². The molecular weight excluding hydrogens is 328 g/mol. The standard InChI is InChI=1S/C21H24N2O3/c1-2-26-21(25)18-11-8-12-22-19(18)16-9-7-10-17(15-16)20(24)23-13-5-3-4-6-14-23/h7-12,15H,2-6,13-14H2,1H3. The van der Waals surface area contributed by atoms with Crippen molar-refractivity contribution in [3.63, 3.8) is 0 Å². The third-order valence-corrected chi connectivity index (χ3v) is 4.58. The summed E-state index contributed by atoms with van der Waals surface area (Å²) in [5, 5.41) is 0. The quantitative estimate of drug-likeness (QED) is 0.782. The predicted octanol–water partition coefficient (Wildman–Crippen LogP) is 3.94. The molecule has 0 radical (unpaired) electrons. The van der Waals surface area contributed by atoms with Crippen LogP contribution in [-0.4, -0.2) is 41.5 Å². The summed E-state index contributed by atoms with van der Waals surface area (Å²) >= 11 is 0. The SMILES string of the molecule is CCOC(=O)c1cccnc1-c1cccc(C(=O)N2CCCCCC2)c1. The van der Waals surface area contributed by atoms with Crippen molar-refractivity contribution in [3.05, 3.63) is 53.7 Å². The van der Waals surface area contributed by atoms with Crippen molar-refractivity contribution in [2.75, 3.05) is 19.7 Å². The van der Waals surface area contributed by atoms with Crippen molar-refractivity contribution in [3.8, 4) is 11.3 Å². The Morgan fingerprint density at radius 1 is 1.08 bits per heavy atom. The number of ether oxygens (including phenoxy) is 1. The smallest absolute Gasteiger partial charge is 0.340 e. The number of amides is 1. The molecule has 136 valence electrons. The Labute approximate surface area is 154 Å². The average Bonchev–Trinajstić information content (AvgIpc) is 2.97. The molecule has 3 rings (SSSR count). The lowest BCUT2D eigenvalue weighted by Gasteiger charge is -2.20. The molecule has 5 nitrogen and oxygen atoms in total. The molecule has 1 aromatic heterocycles. The molecule has 0 spiro atoms. The van der Waals surface area contributed by atoms with Gasteiger partial charge in [0.15, 0.2) is 0 Å². The number of carbonyl (C=O) groups excluding carboxylic acids is 2. The van der Waals surface area contributed by atoms with E-state index in [4.69, 9.17) is 4.74 Å². The van der Waals surface area contributed by atoms with E-state index in [1.165, 1.54) is 12.8 Å². The van der Waals surface area contributed by atoms with Crippen molar-refractivity contribution in [2.24, 2.45) is 0 Å². The van der Waals surface area contributed by atoms with Crippen LogP contribution in [0.3, 0.4) is 0 Å². The van der Waals surface area contributed by atoms with Gasteiger partial charge < -0.3 is 9.64 Å². The van der Waals surface area contributed by atoms with Crippen molar-refractivity contribution in [1.29, 1.82) is 0 Å². The van der Waals surface area contributed by atoms with E-state index in [9.17, 15) is 9.59 Å². The fourth-order valence-corrected chi connectivity index (χ4v) is 3.26. The summed E-state index contributed by atoms with van der Waals surface area (Å²) in [5.74, 6) is -0.359. The zero-order chi connectivity index (χ0) is 18.4. The van der Waals surface area contributed by atoms with E-state index in [2.05, 4.69) is 4.98 Å². The molecule has 0 aliphatic carbocycles. The molecule has 0 saturated carbocycles. The maximum absolute atomic E-state index is 12.9. The van der Waals surface area contributed by atoms with Gasteiger partial charge in [0.2, 0.25) is 0 Å². The summed E-state index contributed by atoms with van der Waals surface area (Å²) in [6.45, 7) is 3.69. The van der Waals surface area contributed by atoms with Gasteiger partial charge in [0.05, 0.1) is 17.9 Å². The van der Waals surface area contributed by atoms with Gasteiger partial charge >= 0.3 is 5.97 Å². The lowest BCUT2D eigenvalue weighted by molar-refractivity contribution is 0.0526. The number of hydrogen-bond acceptors (Lipinski definition) is 4. The van der Waals surface area contributed by atoms with Gasteiger partial charge in [-0.3, -0.25) is 9.78 Å². The second-order valence-electron chi connectivity index (χ2n) is 6.41. The minimum Gasteiger partial charge on any atom is -0.462 e. The molecule has 1 fully saturated rings. The number of aromatic nitrogens is 1. The number of benzene rings is 1. The number of carbonyl (C=O) groups is 2. The molecule has 2 aromatic rings. The molecule has 1 aromatic carbocycles. The van der Waals surface area contributed by atoms with Crippen LogP contribution in [0.2, 0.25) is 0 Å². The molecule has 0 bridgehead atoms. The maximum atomic E-state index is 12.9. The van der Waals surface area contributed by atoms with Crippen molar-refractivity contribution in [1.82, 2.24) is 9.88 Å². The van der Waals surface area contributed by atoms with Gasteiger partial charge in [0.1, 0.15) is 0 Å². The number of nitrogens with zero attached hydrogens (tertiary/aromatic N) is 2. The Morgan fingerprint density at radius 3 is 2.58 bits per heavy atom. The molecular formula is C21H24N2O3. The Kier molecular flexibility index (Phi) is 6.00. The summed E-state index contributed by atoms with van der Waals surface area (Å²) in [5.41, 5.74) is 2.32. The highest BCUT2D eigenvalue weighted by atomic mass is 16.5. The fraction of sp³-hybridized carbons (Fsp3) is 0.381. The van der Waals surface area contributed by atoms with Gasteiger partial charge in [0.25, 0.3) is 5.91 Å². The Morgan fingerprint density at radius 2 is 1.85 bits per heavy atom. The fourth-order valence-electron chi connectivity index (χ4n) is 3.26. The van der Waals surface area contributed by atoms with E-state index in [0.29, 0.717) is 23.4 Å². The van der Waals surface area contributed by atoms with E-state index < -0.39 is 5.97 Å². The van der Waals surface area contributed by atoms with Crippen LogP contribution in [0, 0.1) is 0 Å². The monoisotopic (exact) mass is 352 g/mol. The molecule has 0 N–H and O–H groups in total.